The van der Waals surface area contributed by atoms with Crippen LogP contribution in [0.15, 0.2) is 29.2 Å². The minimum absolute atomic E-state index is 0.116. The fourth-order valence-electron chi connectivity index (χ4n) is 2.09. The molecule has 3 rings (SSSR count). The number of anilines is 1. The largest absolute Gasteiger partial charge is 0.486 e. The summed E-state index contributed by atoms with van der Waals surface area (Å²) in [5, 5.41) is 4.10. The summed E-state index contributed by atoms with van der Waals surface area (Å²) in [4.78, 5) is 0.116. The average molecular weight is 309 g/mol. The predicted octanol–water partition coefficient (Wildman–Crippen LogP) is 1.30. The van der Waals surface area contributed by atoms with Gasteiger partial charge in [-0.15, -0.1) is 0 Å². The Balaban J connectivity index is 1.93. The summed E-state index contributed by atoms with van der Waals surface area (Å²) in [5.74, 6) is 1.39. The van der Waals surface area contributed by atoms with Crippen molar-refractivity contribution < 1.29 is 17.9 Å². The Hall–Kier alpha value is -2.22. The molecule has 112 valence electrons. The van der Waals surface area contributed by atoms with Crippen molar-refractivity contribution in [2.24, 2.45) is 7.05 Å². The highest BCUT2D eigenvalue weighted by Crippen LogP contribution is 2.32. The molecule has 8 heteroatoms. The molecule has 1 aliphatic heterocycles. The van der Waals surface area contributed by atoms with E-state index in [1.54, 1.807) is 26.1 Å². The molecule has 0 atom stereocenters. The maximum atomic E-state index is 12.4. The van der Waals surface area contributed by atoms with Crippen LogP contribution in [-0.4, -0.2) is 31.4 Å². The maximum absolute atomic E-state index is 12.4. The van der Waals surface area contributed by atoms with Crippen LogP contribution < -0.4 is 14.2 Å². The van der Waals surface area contributed by atoms with E-state index in [0.29, 0.717) is 30.5 Å². The van der Waals surface area contributed by atoms with Crippen molar-refractivity contribution in [1.82, 2.24) is 9.78 Å². The van der Waals surface area contributed by atoms with E-state index < -0.39 is 10.0 Å². The Kier molecular flexibility index (Phi) is 3.25. The number of nitrogens with one attached hydrogen (secondary N) is 1. The van der Waals surface area contributed by atoms with Crippen molar-refractivity contribution in [3.05, 3.63) is 30.0 Å². The van der Waals surface area contributed by atoms with E-state index in [1.807, 2.05) is 0 Å². The standard InChI is InChI=1S/C13H15N3O4S/c1-9-7-13(16(2)14-9)15-21(17,18)10-3-4-11-12(8-10)20-6-5-19-11/h3-4,7-8,15H,5-6H2,1-2H3. The highest BCUT2D eigenvalue weighted by Gasteiger charge is 2.20. The quantitative estimate of drug-likeness (QED) is 0.924. The SMILES string of the molecule is Cc1cc(NS(=O)(=O)c2ccc3c(c2)OCCO3)n(C)n1. The van der Waals surface area contributed by atoms with Gasteiger partial charge in [0.15, 0.2) is 11.5 Å². The molecule has 1 aliphatic rings. The third-order valence-electron chi connectivity index (χ3n) is 3.06. The first-order chi connectivity index (χ1) is 9.95. The zero-order valence-corrected chi connectivity index (χ0v) is 12.5. The summed E-state index contributed by atoms with van der Waals surface area (Å²) in [6.07, 6.45) is 0. The Morgan fingerprint density at radius 3 is 2.57 bits per heavy atom. The van der Waals surface area contributed by atoms with E-state index in [4.69, 9.17) is 9.47 Å². The van der Waals surface area contributed by atoms with Gasteiger partial charge in [0, 0.05) is 19.2 Å². The van der Waals surface area contributed by atoms with Crippen LogP contribution in [-0.2, 0) is 17.1 Å². The number of hydrogen-bond acceptors (Lipinski definition) is 5. The van der Waals surface area contributed by atoms with Crippen LogP contribution in [0, 0.1) is 6.92 Å². The molecule has 0 saturated heterocycles. The molecule has 0 amide bonds. The molecule has 0 aliphatic carbocycles. The van der Waals surface area contributed by atoms with Crippen molar-refractivity contribution >= 4 is 15.8 Å². The summed E-state index contributed by atoms with van der Waals surface area (Å²) in [7, 11) is -2.03. The summed E-state index contributed by atoms with van der Waals surface area (Å²) in [6, 6.07) is 6.20. The Bertz CT molecular complexity index is 783. The van der Waals surface area contributed by atoms with Gasteiger partial charge in [0.05, 0.1) is 10.6 Å². The number of nitrogens with zero attached hydrogens (tertiary/aromatic N) is 2. The third-order valence-corrected chi connectivity index (χ3v) is 4.42. The van der Waals surface area contributed by atoms with Gasteiger partial charge in [-0.05, 0) is 19.1 Å². The molecule has 2 heterocycles. The minimum Gasteiger partial charge on any atom is -0.486 e. The summed E-state index contributed by atoms with van der Waals surface area (Å²) in [6.45, 7) is 2.67. The Morgan fingerprint density at radius 2 is 1.90 bits per heavy atom. The van der Waals surface area contributed by atoms with Gasteiger partial charge in [0.25, 0.3) is 10.0 Å². The monoisotopic (exact) mass is 309 g/mol. The van der Waals surface area contributed by atoms with Crippen molar-refractivity contribution in [2.75, 3.05) is 17.9 Å². The number of hydrogen-bond donors (Lipinski definition) is 1. The van der Waals surface area contributed by atoms with Gasteiger partial charge in [-0.3, -0.25) is 9.40 Å². The lowest BCUT2D eigenvalue weighted by atomic mass is 10.3. The third kappa shape index (κ3) is 2.66. The van der Waals surface area contributed by atoms with Gasteiger partial charge in [-0.1, -0.05) is 0 Å². The molecular weight excluding hydrogens is 294 g/mol. The number of sulfonamides is 1. The zero-order valence-electron chi connectivity index (χ0n) is 11.7. The molecule has 0 spiro atoms. The van der Waals surface area contributed by atoms with Gasteiger partial charge in [-0.25, -0.2) is 8.42 Å². The first-order valence-corrected chi connectivity index (χ1v) is 7.87. The lowest BCUT2D eigenvalue weighted by Gasteiger charge is -2.19. The molecule has 0 unspecified atom stereocenters. The second kappa shape index (κ2) is 4.96. The number of fused-ring (bicyclic) bond motifs is 1. The van der Waals surface area contributed by atoms with Crippen LogP contribution in [0.3, 0.4) is 0 Å². The van der Waals surface area contributed by atoms with Crippen molar-refractivity contribution in [3.8, 4) is 11.5 Å². The van der Waals surface area contributed by atoms with Crippen LogP contribution in [0.1, 0.15) is 5.69 Å². The van der Waals surface area contributed by atoms with Crippen LogP contribution in [0.25, 0.3) is 0 Å². The van der Waals surface area contributed by atoms with Gasteiger partial charge >= 0.3 is 0 Å². The molecule has 1 aromatic carbocycles. The van der Waals surface area contributed by atoms with Gasteiger partial charge in [-0.2, -0.15) is 5.10 Å². The molecule has 0 radical (unpaired) electrons. The first-order valence-electron chi connectivity index (χ1n) is 6.39. The van der Waals surface area contributed by atoms with E-state index in [-0.39, 0.29) is 4.90 Å². The second-order valence-corrected chi connectivity index (χ2v) is 6.39. The van der Waals surface area contributed by atoms with Crippen LogP contribution >= 0.6 is 0 Å². The number of aryl methyl sites for hydroxylation is 2. The number of benzene rings is 1. The van der Waals surface area contributed by atoms with Crippen LogP contribution in [0.5, 0.6) is 11.5 Å². The molecule has 0 bridgehead atoms. The lowest BCUT2D eigenvalue weighted by molar-refractivity contribution is 0.171. The van der Waals surface area contributed by atoms with Crippen LogP contribution in [0.2, 0.25) is 0 Å². The van der Waals surface area contributed by atoms with E-state index in [1.165, 1.54) is 16.8 Å². The zero-order chi connectivity index (χ0) is 15.0. The van der Waals surface area contributed by atoms with E-state index >= 15 is 0 Å². The molecule has 7 nitrogen and oxygen atoms in total. The number of ether oxygens (including phenoxy) is 2. The smallest absolute Gasteiger partial charge is 0.263 e. The lowest BCUT2D eigenvalue weighted by Crippen LogP contribution is -2.18. The highest BCUT2D eigenvalue weighted by atomic mass is 32.2. The summed E-state index contributed by atoms with van der Waals surface area (Å²) >= 11 is 0. The molecular formula is C13H15N3O4S. The van der Waals surface area contributed by atoms with Crippen molar-refractivity contribution in [2.45, 2.75) is 11.8 Å². The summed E-state index contributed by atoms with van der Waals surface area (Å²) < 4.78 is 39.6. The van der Waals surface area contributed by atoms with Gasteiger partial charge < -0.3 is 9.47 Å². The maximum Gasteiger partial charge on any atom is 0.263 e. The molecule has 2 aromatic rings. The Morgan fingerprint density at radius 1 is 1.19 bits per heavy atom. The topological polar surface area (TPSA) is 82.5 Å². The van der Waals surface area contributed by atoms with E-state index in [9.17, 15) is 8.42 Å². The van der Waals surface area contributed by atoms with E-state index in [0.717, 1.165) is 5.69 Å². The fraction of sp³-hybridized carbons (Fsp3) is 0.308. The number of rotatable bonds is 3. The summed E-state index contributed by atoms with van der Waals surface area (Å²) in [5.41, 5.74) is 0.734. The average Bonchev–Trinajstić information content (AvgIpc) is 2.75. The van der Waals surface area contributed by atoms with Gasteiger partial charge in [0.1, 0.15) is 19.0 Å². The fourth-order valence-corrected chi connectivity index (χ4v) is 3.19. The predicted molar refractivity (Wildman–Crippen MR) is 76.2 cm³/mol. The second-order valence-electron chi connectivity index (χ2n) is 4.71. The normalized spacial score (nSPS) is 14.0. The Labute approximate surface area is 122 Å². The number of aromatic nitrogens is 2. The molecule has 0 fully saturated rings. The first kappa shape index (κ1) is 13.7. The van der Waals surface area contributed by atoms with Crippen molar-refractivity contribution in [3.63, 3.8) is 0 Å². The van der Waals surface area contributed by atoms with Crippen molar-refractivity contribution in [1.29, 1.82) is 0 Å². The molecule has 1 N–H and O–H groups in total. The minimum atomic E-state index is -3.70. The molecule has 0 saturated carbocycles. The molecule has 21 heavy (non-hydrogen) atoms. The highest BCUT2D eigenvalue weighted by molar-refractivity contribution is 7.92. The van der Waals surface area contributed by atoms with Gasteiger partial charge in [0.2, 0.25) is 0 Å². The van der Waals surface area contributed by atoms with Crippen LogP contribution in [0.4, 0.5) is 5.82 Å². The van der Waals surface area contributed by atoms with E-state index in [2.05, 4.69) is 9.82 Å². The molecule has 1 aromatic heterocycles.